The monoisotopic (exact) mass is 532 g/mol. The molecule has 0 heterocycles. The molecular formula is C25H22Cl2N2O7. The standard InChI is InChI=1S/C25H22Cl2N2O7/c1-32-21-10-16(11-22(33-2)24(21)34-3)25(31)29-28-13-15-4-7-18(8-5-15)36-23(30)14-35-20-9-6-17(26)12-19(20)27/h4-13H,14H2,1-3H3,(H,29,31)/b28-13-. The molecule has 0 aliphatic carbocycles. The van der Waals surface area contributed by atoms with E-state index in [1.807, 2.05) is 0 Å². The zero-order chi connectivity index (χ0) is 26.1. The first-order valence-electron chi connectivity index (χ1n) is 10.4. The third-order valence-electron chi connectivity index (χ3n) is 4.66. The van der Waals surface area contributed by atoms with Crippen molar-refractivity contribution in [1.29, 1.82) is 0 Å². The van der Waals surface area contributed by atoms with E-state index < -0.39 is 11.9 Å². The summed E-state index contributed by atoms with van der Waals surface area (Å²) in [6.45, 7) is -0.336. The van der Waals surface area contributed by atoms with E-state index in [1.54, 1.807) is 36.4 Å². The molecule has 0 radical (unpaired) electrons. The molecule has 0 unspecified atom stereocenters. The van der Waals surface area contributed by atoms with E-state index in [0.29, 0.717) is 39.3 Å². The van der Waals surface area contributed by atoms with Crippen LogP contribution in [-0.4, -0.2) is 46.0 Å². The van der Waals surface area contributed by atoms with Crippen LogP contribution in [0, 0.1) is 0 Å². The fourth-order valence-corrected chi connectivity index (χ4v) is 3.42. The number of carbonyl (C=O) groups is 2. The third kappa shape index (κ3) is 7.03. The van der Waals surface area contributed by atoms with Gasteiger partial charge in [-0.15, -0.1) is 0 Å². The van der Waals surface area contributed by atoms with Gasteiger partial charge in [-0.25, -0.2) is 10.2 Å². The van der Waals surface area contributed by atoms with Crippen molar-refractivity contribution in [3.05, 3.63) is 75.8 Å². The summed E-state index contributed by atoms with van der Waals surface area (Å²) in [4.78, 5) is 24.5. The number of methoxy groups -OCH3 is 3. The van der Waals surface area contributed by atoms with Gasteiger partial charge < -0.3 is 23.7 Å². The summed E-state index contributed by atoms with van der Waals surface area (Å²) >= 11 is 11.8. The summed E-state index contributed by atoms with van der Waals surface area (Å²) < 4.78 is 26.3. The van der Waals surface area contributed by atoms with Gasteiger partial charge in [-0.05, 0) is 60.2 Å². The molecule has 0 aliphatic rings. The normalized spacial score (nSPS) is 10.6. The van der Waals surface area contributed by atoms with Gasteiger partial charge in [-0.2, -0.15) is 5.10 Å². The topological polar surface area (TPSA) is 105 Å². The van der Waals surface area contributed by atoms with Gasteiger partial charge >= 0.3 is 5.97 Å². The first-order chi connectivity index (χ1) is 17.3. The van der Waals surface area contributed by atoms with Crippen LogP contribution < -0.4 is 29.1 Å². The summed E-state index contributed by atoms with van der Waals surface area (Å²) in [5.74, 6) is 0.608. The Balaban J connectivity index is 1.54. The Hall–Kier alpha value is -3.95. The van der Waals surface area contributed by atoms with Crippen LogP contribution in [0.4, 0.5) is 0 Å². The molecule has 0 spiro atoms. The molecule has 3 aromatic rings. The molecule has 0 bridgehead atoms. The Morgan fingerprint density at radius 2 is 1.56 bits per heavy atom. The molecule has 0 saturated heterocycles. The SMILES string of the molecule is COc1cc(C(=O)N/N=C\c2ccc(OC(=O)COc3ccc(Cl)cc3Cl)cc2)cc(OC)c1OC. The van der Waals surface area contributed by atoms with Crippen molar-refractivity contribution in [2.75, 3.05) is 27.9 Å². The molecule has 0 fully saturated rings. The average Bonchev–Trinajstić information content (AvgIpc) is 2.88. The maximum absolute atomic E-state index is 12.5. The van der Waals surface area contributed by atoms with Crippen molar-refractivity contribution in [2.24, 2.45) is 5.10 Å². The minimum Gasteiger partial charge on any atom is -0.493 e. The van der Waals surface area contributed by atoms with Crippen LogP contribution in [0.2, 0.25) is 10.0 Å². The lowest BCUT2D eigenvalue weighted by molar-refractivity contribution is -0.136. The van der Waals surface area contributed by atoms with E-state index in [-0.39, 0.29) is 17.2 Å². The number of halogens is 2. The zero-order valence-corrected chi connectivity index (χ0v) is 21.1. The second-order valence-corrected chi connectivity index (χ2v) is 7.86. The van der Waals surface area contributed by atoms with Gasteiger partial charge in [0.05, 0.1) is 32.6 Å². The Morgan fingerprint density at radius 1 is 0.889 bits per heavy atom. The third-order valence-corrected chi connectivity index (χ3v) is 5.19. The van der Waals surface area contributed by atoms with Crippen molar-refractivity contribution < 1.29 is 33.3 Å². The highest BCUT2D eigenvalue weighted by atomic mass is 35.5. The van der Waals surface area contributed by atoms with E-state index >= 15 is 0 Å². The molecule has 36 heavy (non-hydrogen) atoms. The van der Waals surface area contributed by atoms with Gasteiger partial charge in [0.15, 0.2) is 18.1 Å². The molecular weight excluding hydrogens is 511 g/mol. The lowest BCUT2D eigenvalue weighted by atomic mass is 10.1. The van der Waals surface area contributed by atoms with E-state index in [2.05, 4.69) is 10.5 Å². The van der Waals surface area contributed by atoms with Crippen LogP contribution in [0.1, 0.15) is 15.9 Å². The molecule has 0 aromatic heterocycles. The first kappa shape index (κ1) is 26.7. The number of ether oxygens (including phenoxy) is 5. The quantitative estimate of drug-likeness (QED) is 0.173. The molecule has 3 aromatic carbocycles. The van der Waals surface area contributed by atoms with E-state index in [9.17, 15) is 9.59 Å². The van der Waals surface area contributed by atoms with Crippen LogP contribution in [0.25, 0.3) is 0 Å². The van der Waals surface area contributed by atoms with Gasteiger partial charge in [0.25, 0.3) is 5.91 Å². The van der Waals surface area contributed by atoms with Crippen LogP contribution in [-0.2, 0) is 4.79 Å². The van der Waals surface area contributed by atoms with Crippen LogP contribution in [0.5, 0.6) is 28.7 Å². The van der Waals surface area contributed by atoms with Crippen molar-refractivity contribution in [1.82, 2.24) is 5.43 Å². The van der Waals surface area contributed by atoms with Crippen LogP contribution in [0.15, 0.2) is 59.7 Å². The number of hydrazone groups is 1. The van der Waals surface area contributed by atoms with E-state index in [1.165, 1.54) is 45.7 Å². The van der Waals surface area contributed by atoms with Gasteiger partial charge in [0.1, 0.15) is 11.5 Å². The summed E-state index contributed by atoms with van der Waals surface area (Å²) in [6, 6.07) is 14.2. The van der Waals surface area contributed by atoms with Crippen molar-refractivity contribution in [3.63, 3.8) is 0 Å². The minimum absolute atomic E-state index is 0.269. The van der Waals surface area contributed by atoms with Crippen LogP contribution in [0.3, 0.4) is 0 Å². The first-order valence-corrected chi connectivity index (χ1v) is 11.1. The Bertz CT molecular complexity index is 1240. The number of carbonyl (C=O) groups excluding carboxylic acids is 2. The highest BCUT2D eigenvalue weighted by Crippen LogP contribution is 2.38. The molecule has 3 rings (SSSR count). The lowest BCUT2D eigenvalue weighted by Gasteiger charge is -2.13. The number of nitrogens with zero attached hydrogens (tertiary/aromatic N) is 1. The zero-order valence-electron chi connectivity index (χ0n) is 19.5. The number of hydrogen-bond acceptors (Lipinski definition) is 8. The second kappa shape index (κ2) is 12.7. The smallest absolute Gasteiger partial charge is 0.349 e. The summed E-state index contributed by atoms with van der Waals surface area (Å²) in [6.07, 6.45) is 1.44. The Labute approximate surface area is 217 Å². The summed E-state index contributed by atoms with van der Waals surface area (Å²) in [5, 5.41) is 4.70. The number of nitrogens with one attached hydrogen (secondary N) is 1. The summed E-state index contributed by atoms with van der Waals surface area (Å²) in [5.41, 5.74) is 3.36. The van der Waals surface area contributed by atoms with Gasteiger partial charge in [0.2, 0.25) is 5.75 Å². The maximum Gasteiger partial charge on any atom is 0.349 e. The number of hydrogen-bond donors (Lipinski definition) is 1. The van der Waals surface area contributed by atoms with E-state index in [4.69, 9.17) is 46.9 Å². The largest absolute Gasteiger partial charge is 0.493 e. The van der Waals surface area contributed by atoms with E-state index in [0.717, 1.165) is 0 Å². The number of esters is 1. The maximum atomic E-state index is 12.5. The Morgan fingerprint density at radius 3 is 2.14 bits per heavy atom. The predicted molar refractivity (Wildman–Crippen MR) is 135 cm³/mol. The van der Waals surface area contributed by atoms with Crippen molar-refractivity contribution >= 4 is 41.3 Å². The second-order valence-electron chi connectivity index (χ2n) is 7.02. The molecule has 9 nitrogen and oxygen atoms in total. The molecule has 1 amide bonds. The fraction of sp³-hybridized carbons (Fsp3) is 0.160. The van der Waals surface area contributed by atoms with Crippen molar-refractivity contribution in [2.45, 2.75) is 0 Å². The molecule has 11 heteroatoms. The molecule has 0 saturated carbocycles. The highest BCUT2D eigenvalue weighted by molar-refractivity contribution is 6.35. The molecule has 0 aliphatic heterocycles. The van der Waals surface area contributed by atoms with Gasteiger partial charge in [-0.1, -0.05) is 23.2 Å². The number of amides is 1. The predicted octanol–water partition coefficient (Wildman–Crippen LogP) is 4.77. The average molecular weight is 533 g/mol. The number of rotatable bonds is 10. The molecule has 0 atom stereocenters. The minimum atomic E-state index is -0.611. The molecule has 188 valence electrons. The Kier molecular flexibility index (Phi) is 9.38. The number of benzene rings is 3. The van der Waals surface area contributed by atoms with Crippen LogP contribution >= 0.6 is 23.2 Å². The molecule has 1 N–H and O–H groups in total. The van der Waals surface area contributed by atoms with Crippen molar-refractivity contribution in [3.8, 4) is 28.7 Å². The van der Waals surface area contributed by atoms with Gasteiger partial charge in [0, 0.05) is 10.6 Å². The van der Waals surface area contributed by atoms with Gasteiger partial charge in [-0.3, -0.25) is 4.79 Å². The fourth-order valence-electron chi connectivity index (χ4n) is 2.95. The highest BCUT2D eigenvalue weighted by Gasteiger charge is 2.16. The lowest BCUT2D eigenvalue weighted by Crippen LogP contribution is -2.18. The summed E-state index contributed by atoms with van der Waals surface area (Å²) in [7, 11) is 4.39.